The van der Waals surface area contributed by atoms with Gasteiger partial charge >= 0.3 is 5.97 Å². The molecule has 1 aliphatic rings. The minimum absolute atomic E-state index is 0.0232. The van der Waals surface area contributed by atoms with Crippen LogP contribution < -0.4 is 10.1 Å². The molecule has 1 saturated carbocycles. The van der Waals surface area contributed by atoms with Crippen LogP contribution in [0, 0.1) is 0 Å². The molecule has 1 aromatic heterocycles. The van der Waals surface area contributed by atoms with E-state index in [2.05, 4.69) is 10.3 Å². The summed E-state index contributed by atoms with van der Waals surface area (Å²) >= 11 is 0. The maximum Gasteiger partial charge on any atom is 0.339 e. The molecule has 24 heavy (non-hydrogen) atoms. The number of methoxy groups -OCH3 is 1. The molecule has 1 aromatic carbocycles. The van der Waals surface area contributed by atoms with E-state index in [4.69, 9.17) is 4.74 Å². The van der Waals surface area contributed by atoms with Crippen LogP contribution in [0.1, 0.15) is 46.0 Å². The van der Waals surface area contributed by atoms with E-state index in [0.717, 1.165) is 19.3 Å². The van der Waals surface area contributed by atoms with Crippen molar-refractivity contribution in [2.45, 2.75) is 31.3 Å². The molecule has 1 fully saturated rings. The molecular weight excluding hydrogens is 310 g/mol. The number of aromatic carboxylic acids is 1. The first kappa shape index (κ1) is 16.0. The highest BCUT2D eigenvalue weighted by Gasteiger charge is 2.31. The normalized spacial score (nSPS) is 19.9. The van der Waals surface area contributed by atoms with Gasteiger partial charge in [-0.05, 0) is 31.4 Å². The summed E-state index contributed by atoms with van der Waals surface area (Å²) in [5.74, 6) is -1.37. The Morgan fingerprint density at radius 3 is 2.79 bits per heavy atom. The van der Waals surface area contributed by atoms with E-state index < -0.39 is 5.97 Å². The number of nitrogens with zero attached hydrogens (tertiary/aromatic N) is 2. The monoisotopic (exact) mass is 329 g/mol. The Bertz CT molecular complexity index is 742. The number of carboxylic acid groups (broad SMARTS) is 1. The molecule has 1 aliphatic carbocycles. The number of ether oxygens (including phenoxy) is 1. The van der Waals surface area contributed by atoms with Gasteiger partial charge in [-0.2, -0.15) is 0 Å². The summed E-state index contributed by atoms with van der Waals surface area (Å²) in [6.45, 7) is 0. The molecule has 0 bridgehead atoms. The lowest BCUT2D eigenvalue weighted by Crippen LogP contribution is -2.38. The zero-order valence-electron chi connectivity index (χ0n) is 13.3. The molecular formula is C17H19N3O4. The van der Waals surface area contributed by atoms with Crippen LogP contribution in [0.25, 0.3) is 0 Å². The smallest absolute Gasteiger partial charge is 0.339 e. The van der Waals surface area contributed by atoms with E-state index in [0.29, 0.717) is 0 Å². The van der Waals surface area contributed by atoms with Crippen LogP contribution in [-0.4, -0.2) is 39.7 Å². The summed E-state index contributed by atoms with van der Waals surface area (Å²) in [5.41, 5.74) is 0.205. The maximum absolute atomic E-state index is 12.7. The summed E-state index contributed by atoms with van der Waals surface area (Å²) in [5, 5.41) is 12.2. The minimum Gasteiger partial charge on any atom is -0.495 e. The van der Waals surface area contributed by atoms with Gasteiger partial charge in [-0.1, -0.05) is 6.07 Å². The van der Waals surface area contributed by atoms with Crippen LogP contribution in [0.4, 0.5) is 0 Å². The van der Waals surface area contributed by atoms with Crippen molar-refractivity contribution in [2.24, 2.45) is 0 Å². The predicted molar refractivity (Wildman–Crippen MR) is 86.3 cm³/mol. The highest BCUT2D eigenvalue weighted by atomic mass is 16.5. The highest BCUT2D eigenvalue weighted by Crippen LogP contribution is 2.31. The van der Waals surface area contributed by atoms with Crippen LogP contribution >= 0.6 is 0 Å². The summed E-state index contributed by atoms with van der Waals surface area (Å²) in [4.78, 5) is 28.0. The largest absolute Gasteiger partial charge is 0.495 e. The molecule has 0 unspecified atom stereocenters. The van der Waals surface area contributed by atoms with Crippen molar-refractivity contribution in [1.29, 1.82) is 0 Å². The van der Waals surface area contributed by atoms with Crippen LogP contribution in [0.3, 0.4) is 0 Å². The van der Waals surface area contributed by atoms with Gasteiger partial charge in [0.05, 0.1) is 25.0 Å². The Hall–Kier alpha value is -2.83. The number of para-hydroxylation sites is 1. The Morgan fingerprint density at radius 1 is 1.33 bits per heavy atom. The topological polar surface area (TPSA) is 93.5 Å². The molecule has 126 valence electrons. The van der Waals surface area contributed by atoms with Crippen molar-refractivity contribution >= 4 is 11.9 Å². The third-order valence-electron chi connectivity index (χ3n) is 4.40. The van der Waals surface area contributed by atoms with Gasteiger partial charge in [0.2, 0.25) is 0 Å². The molecule has 2 N–H and O–H groups in total. The number of rotatable bonds is 5. The fourth-order valence-electron chi connectivity index (χ4n) is 3.28. The number of carbonyl (C=O) groups is 2. The van der Waals surface area contributed by atoms with Crippen molar-refractivity contribution < 1.29 is 19.4 Å². The van der Waals surface area contributed by atoms with Crippen LogP contribution in [0.5, 0.6) is 5.75 Å². The number of carboxylic acids is 1. The van der Waals surface area contributed by atoms with Gasteiger partial charge in [-0.3, -0.25) is 4.79 Å². The lowest BCUT2D eigenvalue weighted by atomic mass is 10.1. The zero-order chi connectivity index (χ0) is 17.1. The third kappa shape index (κ3) is 2.97. The number of imidazole rings is 1. The van der Waals surface area contributed by atoms with Gasteiger partial charge in [0.1, 0.15) is 11.3 Å². The van der Waals surface area contributed by atoms with E-state index in [-0.39, 0.29) is 34.9 Å². The SMILES string of the molecule is COc1c(C(=O)O)cccc1C(=O)N[C@@H]1CCC[C@@H]1n1ccnc1. The average molecular weight is 329 g/mol. The standard InChI is InChI=1S/C17H19N3O4/c1-24-15-11(4-2-5-12(15)17(22)23)16(21)19-13-6-3-7-14(13)20-9-8-18-10-20/h2,4-5,8-10,13-14H,3,6-7H2,1H3,(H,19,21)(H,22,23)/t13-,14+/m1/s1. The predicted octanol–water partition coefficient (Wildman–Crippen LogP) is 2.11. The van der Waals surface area contributed by atoms with Crippen molar-refractivity contribution in [3.05, 3.63) is 48.0 Å². The molecule has 7 nitrogen and oxygen atoms in total. The molecule has 7 heteroatoms. The molecule has 1 heterocycles. The third-order valence-corrected chi connectivity index (χ3v) is 4.40. The van der Waals surface area contributed by atoms with Gasteiger partial charge in [-0.15, -0.1) is 0 Å². The first-order valence-corrected chi connectivity index (χ1v) is 7.80. The van der Waals surface area contributed by atoms with Crippen molar-refractivity contribution in [1.82, 2.24) is 14.9 Å². The Kier molecular flexibility index (Phi) is 4.50. The van der Waals surface area contributed by atoms with Crippen LogP contribution in [0.2, 0.25) is 0 Å². The van der Waals surface area contributed by atoms with Crippen molar-refractivity contribution in [2.75, 3.05) is 7.11 Å². The van der Waals surface area contributed by atoms with E-state index in [1.807, 2.05) is 10.8 Å². The molecule has 3 rings (SSSR count). The fraction of sp³-hybridized carbons (Fsp3) is 0.353. The number of nitrogens with one attached hydrogen (secondary N) is 1. The number of hydrogen-bond acceptors (Lipinski definition) is 4. The second-order valence-electron chi connectivity index (χ2n) is 5.78. The number of amides is 1. The quantitative estimate of drug-likeness (QED) is 0.876. The van der Waals surface area contributed by atoms with E-state index in [1.54, 1.807) is 24.7 Å². The fourth-order valence-corrected chi connectivity index (χ4v) is 3.28. The van der Waals surface area contributed by atoms with Gasteiger partial charge in [0.25, 0.3) is 5.91 Å². The molecule has 0 saturated heterocycles. The van der Waals surface area contributed by atoms with Gasteiger partial charge in [-0.25, -0.2) is 9.78 Å². The minimum atomic E-state index is -1.13. The van der Waals surface area contributed by atoms with Crippen molar-refractivity contribution in [3.8, 4) is 5.75 Å². The molecule has 2 aromatic rings. The highest BCUT2D eigenvalue weighted by molar-refractivity contribution is 6.02. The van der Waals surface area contributed by atoms with Crippen molar-refractivity contribution in [3.63, 3.8) is 0 Å². The number of hydrogen-bond donors (Lipinski definition) is 2. The summed E-state index contributed by atoms with van der Waals surface area (Å²) < 4.78 is 7.17. The summed E-state index contributed by atoms with van der Waals surface area (Å²) in [6.07, 6.45) is 8.21. The Labute approximate surface area is 139 Å². The second kappa shape index (κ2) is 6.74. The van der Waals surface area contributed by atoms with Crippen LogP contribution in [0.15, 0.2) is 36.9 Å². The maximum atomic E-state index is 12.7. The zero-order valence-corrected chi connectivity index (χ0v) is 13.3. The first-order chi connectivity index (χ1) is 11.6. The van der Waals surface area contributed by atoms with Gasteiger partial charge in [0, 0.05) is 18.4 Å². The molecule has 0 aliphatic heterocycles. The first-order valence-electron chi connectivity index (χ1n) is 7.80. The molecule has 0 spiro atoms. The number of aromatic nitrogens is 2. The van der Waals surface area contributed by atoms with Gasteiger partial charge in [0.15, 0.2) is 0 Å². The number of benzene rings is 1. The van der Waals surface area contributed by atoms with Crippen LogP contribution in [-0.2, 0) is 0 Å². The van der Waals surface area contributed by atoms with E-state index >= 15 is 0 Å². The lowest BCUT2D eigenvalue weighted by Gasteiger charge is -2.22. The van der Waals surface area contributed by atoms with Gasteiger partial charge < -0.3 is 19.7 Å². The molecule has 1 amide bonds. The van der Waals surface area contributed by atoms with E-state index in [1.165, 1.54) is 13.2 Å². The number of carbonyl (C=O) groups excluding carboxylic acids is 1. The molecule has 0 radical (unpaired) electrons. The Balaban J connectivity index is 1.82. The lowest BCUT2D eigenvalue weighted by molar-refractivity contribution is 0.0693. The van der Waals surface area contributed by atoms with E-state index in [9.17, 15) is 14.7 Å². The summed E-state index contributed by atoms with van der Waals surface area (Å²) in [7, 11) is 1.36. The molecule has 2 atom stereocenters. The average Bonchev–Trinajstić information content (AvgIpc) is 3.24. The summed E-state index contributed by atoms with van der Waals surface area (Å²) in [6, 6.07) is 4.67. The Morgan fingerprint density at radius 2 is 2.12 bits per heavy atom. The second-order valence-corrected chi connectivity index (χ2v) is 5.78.